The molecule has 0 aliphatic carbocycles. The van der Waals surface area contributed by atoms with Crippen LogP contribution in [0.1, 0.15) is 5.56 Å². The van der Waals surface area contributed by atoms with E-state index in [0.717, 1.165) is 31.7 Å². The van der Waals surface area contributed by atoms with Gasteiger partial charge in [0.25, 0.3) is 5.69 Å². The quantitative estimate of drug-likeness (QED) is 0.622. The normalized spacial score (nSPS) is 15.1. The Bertz CT molecular complexity index is 561. The lowest BCUT2D eigenvalue weighted by atomic mass is 10.2. The van der Waals surface area contributed by atoms with Crippen molar-refractivity contribution in [3.8, 4) is 0 Å². The number of nitrogens with one attached hydrogen (secondary N) is 1. The number of hydrogen-bond donors (Lipinski definition) is 1. The lowest BCUT2D eigenvalue weighted by Gasteiger charge is -2.29. The Kier molecular flexibility index (Phi) is 5.87. The van der Waals surface area contributed by atoms with Crippen molar-refractivity contribution in [2.45, 2.75) is 6.54 Å². The molecule has 1 fully saturated rings. The SMILES string of the molecule is CN(CC(=O)N1CCNCC1)Cc1ccc(Br)c([N+](=O)[O-])c1. The maximum absolute atomic E-state index is 12.2. The highest BCUT2D eigenvalue weighted by Crippen LogP contribution is 2.26. The molecule has 0 atom stereocenters. The predicted octanol–water partition coefficient (Wildman–Crippen LogP) is 1.22. The molecule has 7 nitrogen and oxygen atoms in total. The third-order valence-electron chi connectivity index (χ3n) is 3.53. The molecule has 0 radical (unpaired) electrons. The van der Waals surface area contributed by atoms with Gasteiger partial charge in [0.2, 0.25) is 5.91 Å². The molecular weight excluding hydrogens is 352 g/mol. The van der Waals surface area contributed by atoms with E-state index in [0.29, 0.717) is 17.6 Å². The van der Waals surface area contributed by atoms with Gasteiger partial charge in [-0.15, -0.1) is 0 Å². The highest BCUT2D eigenvalue weighted by molar-refractivity contribution is 9.10. The maximum atomic E-state index is 12.2. The summed E-state index contributed by atoms with van der Waals surface area (Å²) in [4.78, 5) is 26.4. The van der Waals surface area contributed by atoms with E-state index in [1.807, 2.05) is 22.9 Å². The zero-order valence-corrected chi connectivity index (χ0v) is 14.0. The summed E-state index contributed by atoms with van der Waals surface area (Å²) >= 11 is 3.17. The summed E-state index contributed by atoms with van der Waals surface area (Å²) in [7, 11) is 1.84. The van der Waals surface area contributed by atoms with Gasteiger partial charge in [0, 0.05) is 38.8 Å². The van der Waals surface area contributed by atoms with Gasteiger partial charge in [-0.1, -0.05) is 6.07 Å². The molecule has 2 rings (SSSR count). The molecule has 1 aliphatic heterocycles. The van der Waals surface area contributed by atoms with E-state index < -0.39 is 4.92 Å². The van der Waals surface area contributed by atoms with E-state index >= 15 is 0 Å². The van der Waals surface area contributed by atoms with E-state index in [4.69, 9.17) is 0 Å². The minimum atomic E-state index is -0.417. The third kappa shape index (κ3) is 4.49. The molecule has 0 unspecified atom stereocenters. The van der Waals surface area contributed by atoms with Crippen molar-refractivity contribution >= 4 is 27.5 Å². The van der Waals surface area contributed by atoms with Gasteiger partial charge in [-0.2, -0.15) is 0 Å². The highest BCUT2D eigenvalue weighted by atomic mass is 79.9. The average molecular weight is 371 g/mol. The molecule has 1 amide bonds. The van der Waals surface area contributed by atoms with Crippen molar-refractivity contribution < 1.29 is 9.72 Å². The number of rotatable bonds is 5. The van der Waals surface area contributed by atoms with Crippen molar-refractivity contribution in [3.05, 3.63) is 38.3 Å². The summed E-state index contributed by atoms with van der Waals surface area (Å²) in [6.07, 6.45) is 0. The van der Waals surface area contributed by atoms with Gasteiger partial charge in [-0.3, -0.25) is 19.8 Å². The Morgan fingerprint density at radius 1 is 1.45 bits per heavy atom. The Morgan fingerprint density at radius 2 is 2.14 bits per heavy atom. The molecule has 1 heterocycles. The summed E-state index contributed by atoms with van der Waals surface area (Å²) in [5.74, 6) is 0.0932. The van der Waals surface area contributed by atoms with Crippen molar-refractivity contribution in [3.63, 3.8) is 0 Å². The van der Waals surface area contributed by atoms with E-state index in [1.54, 1.807) is 6.07 Å². The number of carbonyl (C=O) groups excluding carboxylic acids is 1. The van der Waals surface area contributed by atoms with E-state index in [9.17, 15) is 14.9 Å². The minimum Gasteiger partial charge on any atom is -0.339 e. The summed E-state index contributed by atoms with van der Waals surface area (Å²) in [6, 6.07) is 5.03. The number of halogens is 1. The predicted molar refractivity (Wildman–Crippen MR) is 86.6 cm³/mol. The van der Waals surface area contributed by atoms with Crippen LogP contribution in [-0.4, -0.2) is 60.4 Å². The fourth-order valence-electron chi connectivity index (χ4n) is 2.41. The first kappa shape index (κ1) is 16.9. The number of hydrogen-bond acceptors (Lipinski definition) is 5. The molecule has 0 aromatic heterocycles. The molecule has 0 bridgehead atoms. The topological polar surface area (TPSA) is 78.7 Å². The van der Waals surface area contributed by atoms with Gasteiger partial charge in [0.05, 0.1) is 15.9 Å². The Labute approximate surface area is 137 Å². The molecule has 120 valence electrons. The number of nitro groups is 1. The van der Waals surface area contributed by atoms with E-state index in [2.05, 4.69) is 21.2 Å². The molecule has 1 saturated heterocycles. The second kappa shape index (κ2) is 7.66. The van der Waals surface area contributed by atoms with Gasteiger partial charge < -0.3 is 10.2 Å². The van der Waals surface area contributed by atoms with Crippen LogP contribution in [0.25, 0.3) is 0 Å². The third-order valence-corrected chi connectivity index (χ3v) is 4.21. The first-order valence-corrected chi connectivity index (χ1v) is 7.86. The van der Waals surface area contributed by atoms with Crippen LogP contribution in [0.15, 0.2) is 22.7 Å². The maximum Gasteiger partial charge on any atom is 0.283 e. The fraction of sp³-hybridized carbons (Fsp3) is 0.500. The van der Waals surface area contributed by atoms with Crippen molar-refractivity contribution in [2.75, 3.05) is 39.8 Å². The highest BCUT2D eigenvalue weighted by Gasteiger charge is 2.18. The molecule has 1 aromatic rings. The molecular formula is C14H19BrN4O3. The Balaban J connectivity index is 1.94. The van der Waals surface area contributed by atoms with Crippen molar-refractivity contribution in [1.82, 2.24) is 15.1 Å². The van der Waals surface area contributed by atoms with Crippen LogP contribution in [0.4, 0.5) is 5.69 Å². The number of likely N-dealkylation sites (N-methyl/N-ethyl adjacent to an activating group) is 1. The van der Waals surface area contributed by atoms with Gasteiger partial charge in [0.15, 0.2) is 0 Å². The van der Waals surface area contributed by atoms with Crippen LogP contribution in [-0.2, 0) is 11.3 Å². The zero-order valence-electron chi connectivity index (χ0n) is 12.4. The molecule has 1 aliphatic rings. The first-order chi connectivity index (χ1) is 10.5. The van der Waals surface area contributed by atoms with E-state index in [1.165, 1.54) is 6.07 Å². The summed E-state index contributed by atoms with van der Waals surface area (Å²) in [6.45, 7) is 3.92. The smallest absolute Gasteiger partial charge is 0.283 e. The standard InChI is InChI=1S/C14H19BrN4O3/c1-17(10-14(20)18-6-4-16-5-7-18)9-11-2-3-12(15)13(8-11)19(21)22/h2-3,8,16H,4-7,9-10H2,1H3. The van der Waals surface area contributed by atoms with Gasteiger partial charge in [-0.05, 0) is 34.6 Å². The van der Waals surface area contributed by atoms with Gasteiger partial charge >= 0.3 is 0 Å². The van der Waals surface area contributed by atoms with Crippen LogP contribution in [0, 0.1) is 10.1 Å². The fourth-order valence-corrected chi connectivity index (χ4v) is 2.80. The van der Waals surface area contributed by atoms with Crippen LogP contribution in [0.2, 0.25) is 0 Å². The first-order valence-electron chi connectivity index (χ1n) is 7.07. The average Bonchev–Trinajstić information content (AvgIpc) is 2.49. The number of benzene rings is 1. The van der Waals surface area contributed by atoms with Gasteiger partial charge in [0.1, 0.15) is 0 Å². The van der Waals surface area contributed by atoms with Crippen LogP contribution >= 0.6 is 15.9 Å². The molecule has 8 heteroatoms. The Hall–Kier alpha value is -1.51. The summed E-state index contributed by atoms with van der Waals surface area (Å²) in [5.41, 5.74) is 0.852. The number of nitro benzene ring substituents is 1. The van der Waals surface area contributed by atoms with Crippen molar-refractivity contribution in [1.29, 1.82) is 0 Å². The summed E-state index contributed by atoms with van der Waals surface area (Å²) in [5, 5.41) is 14.1. The largest absolute Gasteiger partial charge is 0.339 e. The monoisotopic (exact) mass is 370 g/mol. The number of nitrogens with zero attached hydrogens (tertiary/aromatic N) is 3. The van der Waals surface area contributed by atoms with Crippen LogP contribution in [0.3, 0.4) is 0 Å². The second-order valence-corrected chi connectivity index (χ2v) is 6.20. The van der Waals surface area contributed by atoms with E-state index in [-0.39, 0.29) is 11.6 Å². The van der Waals surface area contributed by atoms with Gasteiger partial charge in [-0.25, -0.2) is 0 Å². The lowest BCUT2D eigenvalue weighted by molar-refractivity contribution is -0.385. The molecule has 1 aromatic carbocycles. The number of piperazine rings is 1. The Morgan fingerprint density at radius 3 is 2.77 bits per heavy atom. The summed E-state index contributed by atoms with van der Waals surface area (Å²) < 4.78 is 0.459. The lowest BCUT2D eigenvalue weighted by Crippen LogP contribution is -2.49. The minimum absolute atomic E-state index is 0.0410. The zero-order chi connectivity index (χ0) is 16.1. The molecule has 22 heavy (non-hydrogen) atoms. The van der Waals surface area contributed by atoms with Crippen LogP contribution in [0.5, 0.6) is 0 Å². The molecule has 0 spiro atoms. The molecule has 0 saturated carbocycles. The van der Waals surface area contributed by atoms with Crippen molar-refractivity contribution in [2.24, 2.45) is 0 Å². The number of carbonyl (C=O) groups is 1. The molecule has 1 N–H and O–H groups in total. The van der Waals surface area contributed by atoms with Crippen LogP contribution < -0.4 is 5.32 Å². The number of amides is 1. The second-order valence-electron chi connectivity index (χ2n) is 5.35.